The van der Waals surface area contributed by atoms with Gasteiger partial charge in [0.25, 0.3) is 0 Å². The number of rotatable bonds is 3. The molecule has 0 spiro atoms. The van der Waals surface area contributed by atoms with Crippen molar-refractivity contribution in [1.82, 2.24) is 9.97 Å². The van der Waals surface area contributed by atoms with Gasteiger partial charge in [-0.15, -0.1) is 0 Å². The van der Waals surface area contributed by atoms with E-state index >= 15 is 0 Å². The molecule has 98 valence electrons. The Bertz CT molecular complexity index is 545. The third-order valence-corrected chi connectivity index (χ3v) is 3.56. The summed E-state index contributed by atoms with van der Waals surface area (Å²) in [6.07, 6.45) is 5.89. The highest BCUT2D eigenvalue weighted by Crippen LogP contribution is 2.38. The number of ether oxygens (including phenoxy) is 1. The number of hydrogen-bond donors (Lipinski definition) is 1. The second-order valence-corrected chi connectivity index (χ2v) is 4.80. The van der Waals surface area contributed by atoms with Gasteiger partial charge in [-0.3, -0.25) is 0 Å². The zero-order valence-corrected chi connectivity index (χ0v) is 10.6. The van der Waals surface area contributed by atoms with Crippen molar-refractivity contribution >= 4 is 0 Å². The van der Waals surface area contributed by atoms with Crippen LogP contribution in [-0.4, -0.2) is 21.7 Å². The van der Waals surface area contributed by atoms with Crippen LogP contribution in [0.3, 0.4) is 0 Å². The van der Waals surface area contributed by atoms with Gasteiger partial charge in [-0.1, -0.05) is 18.2 Å². The summed E-state index contributed by atoms with van der Waals surface area (Å²) >= 11 is 0. The third kappa shape index (κ3) is 2.58. The zero-order valence-electron chi connectivity index (χ0n) is 10.6. The first-order valence-electron chi connectivity index (χ1n) is 6.49. The summed E-state index contributed by atoms with van der Waals surface area (Å²) in [7, 11) is 0. The molecule has 0 amide bonds. The molecule has 2 heterocycles. The van der Waals surface area contributed by atoms with Crippen molar-refractivity contribution in [3.05, 3.63) is 54.1 Å². The Balaban J connectivity index is 1.78. The molecule has 19 heavy (non-hydrogen) atoms. The minimum atomic E-state index is -0.530. The van der Waals surface area contributed by atoms with Crippen molar-refractivity contribution in [2.45, 2.75) is 24.9 Å². The van der Waals surface area contributed by atoms with Gasteiger partial charge in [-0.2, -0.15) is 0 Å². The van der Waals surface area contributed by atoms with Gasteiger partial charge in [0.1, 0.15) is 12.1 Å². The summed E-state index contributed by atoms with van der Waals surface area (Å²) in [6.45, 7) is 0.708. The Morgan fingerprint density at radius 3 is 2.89 bits per heavy atom. The van der Waals surface area contributed by atoms with Crippen LogP contribution in [0.15, 0.2) is 43.0 Å². The van der Waals surface area contributed by atoms with Gasteiger partial charge < -0.3 is 9.84 Å². The van der Waals surface area contributed by atoms with Gasteiger partial charge in [-0.25, -0.2) is 9.97 Å². The highest BCUT2D eigenvalue weighted by molar-refractivity contribution is 5.37. The van der Waals surface area contributed by atoms with E-state index in [1.165, 1.54) is 11.9 Å². The Hall–Kier alpha value is -1.94. The Labute approximate surface area is 112 Å². The fraction of sp³-hybridized carbons (Fsp3) is 0.333. The van der Waals surface area contributed by atoms with Gasteiger partial charge in [0.15, 0.2) is 0 Å². The molecule has 1 aliphatic heterocycles. The first kappa shape index (κ1) is 12.1. The van der Waals surface area contributed by atoms with E-state index in [1.54, 1.807) is 12.4 Å². The number of benzene rings is 1. The van der Waals surface area contributed by atoms with Crippen LogP contribution in [-0.2, 0) is 0 Å². The topological polar surface area (TPSA) is 55.2 Å². The maximum Gasteiger partial charge on any atom is 0.122 e. The maximum absolute atomic E-state index is 10.3. The molecule has 2 atom stereocenters. The molecule has 3 rings (SSSR count). The van der Waals surface area contributed by atoms with E-state index in [-0.39, 0.29) is 0 Å². The number of aliphatic hydroxyl groups excluding tert-OH is 1. The van der Waals surface area contributed by atoms with E-state index in [0.29, 0.717) is 18.9 Å². The van der Waals surface area contributed by atoms with E-state index in [4.69, 9.17) is 4.74 Å². The van der Waals surface area contributed by atoms with Crippen molar-refractivity contribution in [3.63, 3.8) is 0 Å². The largest absolute Gasteiger partial charge is 0.493 e. The van der Waals surface area contributed by atoms with Gasteiger partial charge >= 0.3 is 0 Å². The van der Waals surface area contributed by atoms with Gasteiger partial charge in [0, 0.05) is 18.0 Å². The van der Waals surface area contributed by atoms with Crippen molar-refractivity contribution < 1.29 is 9.84 Å². The van der Waals surface area contributed by atoms with Crippen LogP contribution in [0.2, 0.25) is 0 Å². The number of fused-ring (bicyclic) bond motifs is 1. The predicted octanol–water partition coefficient (Wildman–Crippen LogP) is 2.47. The highest BCUT2D eigenvalue weighted by atomic mass is 16.5. The van der Waals surface area contributed by atoms with Crippen LogP contribution in [0.25, 0.3) is 0 Å². The van der Waals surface area contributed by atoms with E-state index in [1.807, 2.05) is 18.2 Å². The fourth-order valence-corrected chi connectivity index (χ4v) is 2.55. The van der Waals surface area contributed by atoms with Crippen LogP contribution in [0.4, 0.5) is 0 Å². The van der Waals surface area contributed by atoms with Crippen LogP contribution in [0.5, 0.6) is 5.75 Å². The van der Waals surface area contributed by atoms with Crippen LogP contribution < -0.4 is 4.74 Å². The average molecular weight is 256 g/mol. The van der Waals surface area contributed by atoms with Crippen LogP contribution in [0.1, 0.15) is 36.0 Å². The van der Waals surface area contributed by atoms with Gasteiger partial charge in [0.05, 0.1) is 12.7 Å². The molecular weight excluding hydrogens is 240 g/mol. The highest BCUT2D eigenvalue weighted by Gasteiger charge is 2.24. The SMILES string of the molecule is OC(CC1CCOc2ccccc21)c1cncnc1. The molecule has 0 aliphatic carbocycles. The molecule has 1 N–H and O–H groups in total. The van der Waals surface area contributed by atoms with Crippen molar-refractivity contribution in [2.24, 2.45) is 0 Å². The lowest BCUT2D eigenvalue weighted by atomic mass is 9.87. The van der Waals surface area contributed by atoms with Crippen LogP contribution in [0, 0.1) is 0 Å². The summed E-state index contributed by atoms with van der Waals surface area (Å²) in [4.78, 5) is 7.89. The maximum atomic E-state index is 10.3. The third-order valence-electron chi connectivity index (χ3n) is 3.56. The molecule has 4 heteroatoms. The van der Waals surface area contributed by atoms with E-state index < -0.39 is 6.10 Å². The number of hydrogen-bond acceptors (Lipinski definition) is 4. The first-order chi connectivity index (χ1) is 9.34. The minimum absolute atomic E-state index is 0.320. The second kappa shape index (κ2) is 5.36. The summed E-state index contributed by atoms with van der Waals surface area (Å²) in [5.74, 6) is 1.26. The zero-order chi connectivity index (χ0) is 13.1. The number of para-hydroxylation sites is 1. The molecule has 1 aliphatic rings. The summed E-state index contributed by atoms with van der Waals surface area (Å²) in [6, 6.07) is 8.05. The van der Waals surface area contributed by atoms with E-state index in [9.17, 15) is 5.11 Å². The molecule has 1 aromatic heterocycles. The number of nitrogens with zero attached hydrogens (tertiary/aromatic N) is 2. The van der Waals surface area contributed by atoms with Gasteiger partial charge in [-0.05, 0) is 30.4 Å². The standard InChI is InChI=1S/C15H16N2O2/c18-14(12-8-16-10-17-9-12)7-11-5-6-19-15-4-2-1-3-13(11)15/h1-4,8-11,14,18H,5-7H2. The lowest BCUT2D eigenvalue weighted by Gasteiger charge is -2.27. The Kier molecular flexibility index (Phi) is 3.42. The fourth-order valence-electron chi connectivity index (χ4n) is 2.55. The molecule has 2 aromatic rings. The monoisotopic (exact) mass is 256 g/mol. The first-order valence-corrected chi connectivity index (χ1v) is 6.49. The summed E-state index contributed by atoms with van der Waals surface area (Å²) in [5.41, 5.74) is 1.95. The van der Waals surface area contributed by atoms with Gasteiger partial charge in [0.2, 0.25) is 0 Å². The van der Waals surface area contributed by atoms with Crippen LogP contribution >= 0.6 is 0 Å². The molecule has 4 nitrogen and oxygen atoms in total. The lowest BCUT2D eigenvalue weighted by molar-refractivity contribution is 0.144. The summed E-state index contributed by atoms with van der Waals surface area (Å²) < 4.78 is 5.63. The minimum Gasteiger partial charge on any atom is -0.493 e. The average Bonchev–Trinajstić information content (AvgIpc) is 2.48. The Morgan fingerprint density at radius 2 is 2.05 bits per heavy atom. The summed E-state index contributed by atoms with van der Waals surface area (Å²) in [5, 5.41) is 10.3. The molecular formula is C15H16N2O2. The predicted molar refractivity (Wildman–Crippen MR) is 70.9 cm³/mol. The van der Waals surface area contributed by atoms with Crippen molar-refractivity contribution in [1.29, 1.82) is 0 Å². The molecule has 0 fully saturated rings. The van der Waals surface area contributed by atoms with E-state index in [2.05, 4.69) is 16.0 Å². The molecule has 0 radical (unpaired) electrons. The molecule has 0 bridgehead atoms. The lowest BCUT2D eigenvalue weighted by Crippen LogP contribution is -2.16. The molecule has 0 saturated carbocycles. The second-order valence-electron chi connectivity index (χ2n) is 4.80. The Morgan fingerprint density at radius 1 is 1.26 bits per heavy atom. The molecule has 1 aromatic carbocycles. The molecule has 0 saturated heterocycles. The van der Waals surface area contributed by atoms with E-state index in [0.717, 1.165) is 17.7 Å². The quantitative estimate of drug-likeness (QED) is 0.916. The molecule has 2 unspecified atom stereocenters. The number of aromatic nitrogens is 2. The smallest absolute Gasteiger partial charge is 0.122 e. The van der Waals surface area contributed by atoms with Crippen molar-refractivity contribution in [2.75, 3.05) is 6.61 Å². The van der Waals surface area contributed by atoms with Crippen molar-refractivity contribution in [3.8, 4) is 5.75 Å². The normalized spacial score (nSPS) is 19.3. The number of aliphatic hydroxyl groups is 1.